The van der Waals surface area contributed by atoms with Crippen LogP contribution < -0.4 is 10.6 Å². The van der Waals surface area contributed by atoms with E-state index in [1.807, 2.05) is 0 Å². The highest BCUT2D eigenvalue weighted by molar-refractivity contribution is 5.80. The molecular formula is C17H27N3. The number of aliphatic imine (C=N–C) groups is 1. The summed E-state index contributed by atoms with van der Waals surface area (Å²) in [5, 5.41) is 6.79. The van der Waals surface area contributed by atoms with Crippen molar-refractivity contribution in [1.29, 1.82) is 0 Å². The molecule has 0 aromatic heterocycles. The predicted octanol–water partition coefficient (Wildman–Crippen LogP) is 2.99. The first kappa shape index (κ1) is 14.9. The van der Waals surface area contributed by atoms with Gasteiger partial charge >= 0.3 is 0 Å². The fourth-order valence-electron chi connectivity index (χ4n) is 2.11. The Bertz CT molecular complexity index is 456. The fraction of sp³-hybridized carbons (Fsp3) is 0.588. The third-order valence-corrected chi connectivity index (χ3v) is 3.73. The van der Waals surface area contributed by atoms with Crippen molar-refractivity contribution in [2.45, 2.75) is 52.0 Å². The molecule has 1 aliphatic carbocycles. The Morgan fingerprint density at radius 3 is 2.45 bits per heavy atom. The largest absolute Gasteiger partial charge is 0.357 e. The van der Waals surface area contributed by atoms with E-state index in [2.05, 4.69) is 62.6 Å². The summed E-state index contributed by atoms with van der Waals surface area (Å²) >= 11 is 0. The number of rotatable bonds is 5. The van der Waals surface area contributed by atoms with E-state index in [1.54, 1.807) is 0 Å². The van der Waals surface area contributed by atoms with Crippen molar-refractivity contribution in [2.75, 3.05) is 13.1 Å². The van der Waals surface area contributed by atoms with E-state index in [4.69, 9.17) is 4.99 Å². The summed E-state index contributed by atoms with van der Waals surface area (Å²) in [5.41, 5.74) is 2.70. The first-order valence-corrected chi connectivity index (χ1v) is 7.63. The monoisotopic (exact) mass is 273 g/mol. The van der Waals surface area contributed by atoms with Crippen LogP contribution in [0.25, 0.3) is 0 Å². The molecule has 0 atom stereocenters. The molecule has 3 nitrogen and oxygen atoms in total. The van der Waals surface area contributed by atoms with Gasteiger partial charge < -0.3 is 10.6 Å². The molecule has 0 heterocycles. The molecule has 2 N–H and O–H groups in total. The SMILES string of the molecule is CCNC(=NCC(C)(C)c1ccc(C)cc1)NC1CC1. The molecule has 1 aromatic carbocycles. The second-order valence-corrected chi connectivity index (χ2v) is 6.36. The second-order valence-electron chi connectivity index (χ2n) is 6.36. The summed E-state index contributed by atoms with van der Waals surface area (Å²) < 4.78 is 0. The lowest BCUT2D eigenvalue weighted by atomic mass is 9.84. The quantitative estimate of drug-likeness (QED) is 0.639. The summed E-state index contributed by atoms with van der Waals surface area (Å²) in [4.78, 5) is 4.76. The minimum absolute atomic E-state index is 0.0552. The van der Waals surface area contributed by atoms with E-state index in [0.717, 1.165) is 19.0 Å². The normalized spacial score (nSPS) is 16.1. The summed E-state index contributed by atoms with van der Waals surface area (Å²) in [6.07, 6.45) is 2.54. The van der Waals surface area contributed by atoms with Crippen LogP contribution in [-0.4, -0.2) is 25.1 Å². The Morgan fingerprint density at radius 1 is 1.25 bits per heavy atom. The molecule has 20 heavy (non-hydrogen) atoms. The molecule has 0 radical (unpaired) electrons. The van der Waals surface area contributed by atoms with Crippen LogP contribution >= 0.6 is 0 Å². The molecule has 1 fully saturated rings. The molecule has 0 unspecified atom stereocenters. The van der Waals surface area contributed by atoms with Crippen LogP contribution in [0.2, 0.25) is 0 Å². The Labute approximate surface area is 122 Å². The Balaban J connectivity index is 2.02. The Morgan fingerprint density at radius 2 is 1.90 bits per heavy atom. The van der Waals surface area contributed by atoms with Gasteiger partial charge in [0.25, 0.3) is 0 Å². The van der Waals surface area contributed by atoms with Crippen molar-refractivity contribution in [3.63, 3.8) is 0 Å². The zero-order chi connectivity index (χ0) is 14.6. The van der Waals surface area contributed by atoms with Crippen LogP contribution in [0.15, 0.2) is 29.3 Å². The summed E-state index contributed by atoms with van der Waals surface area (Å²) in [7, 11) is 0. The van der Waals surface area contributed by atoms with Crippen molar-refractivity contribution in [1.82, 2.24) is 10.6 Å². The van der Waals surface area contributed by atoms with Gasteiger partial charge in [0, 0.05) is 18.0 Å². The third-order valence-electron chi connectivity index (χ3n) is 3.73. The van der Waals surface area contributed by atoms with Crippen LogP contribution in [0.4, 0.5) is 0 Å². The highest BCUT2D eigenvalue weighted by Crippen LogP contribution is 2.24. The average Bonchev–Trinajstić information content (AvgIpc) is 3.21. The lowest BCUT2D eigenvalue weighted by molar-refractivity contribution is 0.537. The number of hydrogen-bond donors (Lipinski definition) is 2. The third kappa shape index (κ3) is 4.26. The maximum Gasteiger partial charge on any atom is 0.191 e. The molecule has 0 amide bonds. The molecule has 1 aromatic rings. The standard InChI is InChI=1S/C17H27N3/c1-5-18-16(20-15-10-11-15)19-12-17(3,4)14-8-6-13(2)7-9-14/h6-9,15H,5,10-12H2,1-4H3,(H2,18,19,20). The van der Waals surface area contributed by atoms with E-state index in [1.165, 1.54) is 24.0 Å². The van der Waals surface area contributed by atoms with Gasteiger partial charge in [-0.25, -0.2) is 0 Å². The highest BCUT2D eigenvalue weighted by Gasteiger charge is 2.24. The van der Waals surface area contributed by atoms with Gasteiger partial charge in [-0.05, 0) is 32.3 Å². The topological polar surface area (TPSA) is 36.4 Å². The number of nitrogens with zero attached hydrogens (tertiary/aromatic N) is 1. The van der Waals surface area contributed by atoms with Crippen molar-refractivity contribution < 1.29 is 0 Å². The predicted molar refractivity (Wildman–Crippen MR) is 86.3 cm³/mol. The van der Waals surface area contributed by atoms with Gasteiger partial charge in [0.05, 0.1) is 6.54 Å². The zero-order valence-electron chi connectivity index (χ0n) is 13.2. The Hall–Kier alpha value is -1.51. The van der Waals surface area contributed by atoms with Gasteiger partial charge in [-0.1, -0.05) is 43.7 Å². The highest BCUT2D eigenvalue weighted by atomic mass is 15.2. The Kier molecular flexibility index (Phi) is 4.69. The van der Waals surface area contributed by atoms with Crippen molar-refractivity contribution >= 4 is 5.96 Å². The van der Waals surface area contributed by atoms with E-state index in [0.29, 0.717) is 6.04 Å². The zero-order valence-corrected chi connectivity index (χ0v) is 13.2. The number of hydrogen-bond acceptors (Lipinski definition) is 1. The van der Waals surface area contributed by atoms with Gasteiger partial charge in [-0.2, -0.15) is 0 Å². The van der Waals surface area contributed by atoms with Crippen LogP contribution in [0.1, 0.15) is 44.7 Å². The smallest absolute Gasteiger partial charge is 0.191 e. The average molecular weight is 273 g/mol. The summed E-state index contributed by atoms with van der Waals surface area (Å²) in [6, 6.07) is 9.41. The van der Waals surface area contributed by atoms with E-state index in [9.17, 15) is 0 Å². The maximum atomic E-state index is 4.76. The van der Waals surface area contributed by atoms with E-state index >= 15 is 0 Å². The second kappa shape index (κ2) is 6.29. The molecule has 0 bridgehead atoms. The van der Waals surface area contributed by atoms with Crippen molar-refractivity contribution in [3.8, 4) is 0 Å². The summed E-state index contributed by atoms with van der Waals surface area (Å²) in [6.45, 7) is 10.4. The van der Waals surface area contributed by atoms with Crippen LogP contribution in [0.3, 0.4) is 0 Å². The van der Waals surface area contributed by atoms with Crippen LogP contribution in [-0.2, 0) is 5.41 Å². The van der Waals surface area contributed by atoms with Gasteiger partial charge in [0.2, 0.25) is 0 Å². The first-order chi connectivity index (χ1) is 9.51. The van der Waals surface area contributed by atoms with E-state index < -0.39 is 0 Å². The maximum absolute atomic E-state index is 4.76. The molecule has 1 aliphatic rings. The summed E-state index contributed by atoms with van der Waals surface area (Å²) in [5.74, 6) is 0.954. The molecule has 0 spiro atoms. The van der Waals surface area contributed by atoms with Crippen LogP contribution in [0.5, 0.6) is 0 Å². The lowest BCUT2D eigenvalue weighted by Crippen LogP contribution is -2.39. The van der Waals surface area contributed by atoms with Crippen molar-refractivity contribution in [3.05, 3.63) is 35.4 Å². The minimum atomic E-state index is 0.0552. The van der Waals surface area contributed by atoms with E-state index in [-0.39, 0.29) is 5.41 Å². The molecule has 0 saturated heterocycles. The number of aryl methyl sites for hydroxylation is 1. The van der Waals surface area contributed by atoms with Gasteiger partial charge in [0.15, 0.2) is 5.96 Å². The molecule has 2 rings (SSSR count). The first-order valence-electron chi connectivity index (χ1n) is 7.63. The number of nitrogens with one attached hydrogen (secondary N) is 2. The molecule has 0 aliphatic heterocycles. The number of benzene rings is 1. The molecular weight excluding hydrogens is 246 g/mol. The minimum Gasteiger partial charge on any atom is -0.357 e. The molecule has 1 saturated carbocycles. The number of guanidine groups is 1. The van der Waals surface area contributed by atoms with Gasteiger partial charge in [0.1, 0.15) is 0 Å². The van der Waals surface area contributed by atoms with Gasteiger partial charge in [-0.3, -0.25) is 4.99 Å². The molecule has 3 heteroatoms. The lowest BCUT2D eigenvalue weighted by Gasteiger charge is -2.24. The fourth-order valence-corrected chi connectivity index (χ4v) is 2.11. The van der Waals surface area contributed by atoms with Crippen LogP contribution in [0, 0.1) is 6.92 Å². The van der Waals surface area contributed by atoms with Gasteiger partial charge in [-0.15, -0.1) is 0 Å². The molecule has 110 valence electrons. The van der Waals surface area contributed by atoms with Crippen molar-refractivity contribution in [2.24, 2.45) is 4.99 Å².